The van der Waals surface area contributed by atoms with Crippen LogP contribution in [-0.4, -0.2) is 75.0 Å². The van der Waals surface area contributed by atoms with E-state index in [2.05, 4.69) is 16.8 Å². The predicted octanol–water partition coefficient (Wildman–Crippen LogP) is -0.473. The summed E-state index contributed by atoms with van der Waals surface area (Å²) in [4.78, 5) is 4.64. The third-order valence-corrected chi connectivity index (χ3v) is 6.05. The highest BCUT2D eigenvalue weighted by Crippen LogP contribution is 2.31. The fourth-order valence-corrected chi connectivity index (χ4v) is 4.91. The largest absolute Gasteiger partial charge is 0.329 e. The van der Waals surface area contributed by atoms with E-state index in [1.54, 1.807) is 0 Å². The van der Waals surface area contributed by atoms with Crippen LogP contribution in [0.3, 0.4) is 0 Å². The zero-order valence-electron chi connectivity index (χ0n) is 11.4. The van der Waals surface area contributed by atoms with E-state index in [4.69, 9.17) is 5.73 Å². The van der Waals surface area contributed by atoms with Crippen LogP contribution in [0.1, 0.15) is 19.3 Å². The predicted molar refractivity (Wildman–Crippen MR) is 73.3 cm³/mol. The Morgan fingerprint density at radius 3 is 2.61 bits per heavy atom. The molecule has 6 heteroatoms. The minimum absolute atomic E-state index is 0.183. The van der Waals surface area contributed by atoms with E-state index >= 15 is 0 Å². The van der Waals surface area contributed by atoms with Gasteiger partial charge in [-0.2, -0.15) is 0 Å². The molecule has 0 aromatic heterocycles. The molecule has 2 N–H and O–H groups in total. The highest BCUT2D eigenvalue weighted by atomic mass is 32.2. The lowest BCUT2D eigenvalue weighted by atomic mass is 10.1. The second kappa shape index (κ2) is 5.45. The molecule has 5 nitrogen and oxygen atoms in total. The minimum Gasteiger partial charge on any atom is -0.329 e. The summed E-state index contributed by atoms with van der Waals surface area (Å²) < 4.78 is 23.8. The summed E-state index contributed by atoms with van der Waals surface area (Å²) in [5, 5.41) is -0.185. The van der Waals surface area contributed by atoms with Gasteiger partial charge >= 0.3 is 0 Å². The molecule has 1 heterocycles. The molecular formula is C12H25N3O2S. The first kappa shape index (κ1) is 14.2. The number of likely N-dealkylation sites (N-methyl/N-ethyl adjacent to an activating group) is 1. The van der Waals surface area contributed by atoms with Gasteiger partial charge in [-0.25, -0.2) is 8.42 Å². The summed E-state index contributed by atoms with van der Waals surface area (Å²) in [6.07, 6.45) is 4.21. The molecule has 106 valence electrons. The van der Waals surface area contributed by atoms with Crippen molar-refractivity contribution < 1.29 is 8.42 Å². The summed E-state index contributed by atoms with van der Waals surface area (Å²) in [6, 6.07) is 0.485. The van der Waals surface area contributed by atoms with Crippen LogP contribution in [0.25, 0.3) is 0 Å². The van der Waals surface area contributed by atoms with E-state index in [1.807, 2.05) is 0 Å². The fourth-order valence-electron chi connectivity index (χ4n) is 3.46. The Balaban J connectivity index is 2.14. The molecule has 0 aromatic carbocycles. The van der Waals surface area contributed by atoms with Crippen molar-refractivity contribution in [2.24, 2.45) is 5.73 Å². The first-order chi connectivity index (χ1) is 8.43. The number of nitrogens with two attached hydrogens (primary N) is 1. The number of sulfone groups is 1. The van der Waals surface area contributed by atoms with Gasteiger partial charge in [-0.15, -0.1) is 0 Å². The molecule has 0 bridgehead atoms. The van der Waals surface area contributed by atoms with Crippen LogP contribution in [0.4, 0.5) is 0 Å². The Morgan fingerprint density at radius 1 is 1.28 bits per heavy atom. The molecule has 2 rings (SSSR count). The molecule has 0 aromatic rings. The summed E-state index contributed by atoms with van der Waals surface area (Å²) >= 11 is 0. The molecule has 3 unspecified atom stereocenters. The first-order valence-electron chi connectivity index (χ1n) is 6.76. The third kappa shape index (κ3) is 2.87. The van der Waals surface area contributed by atoms with Gasteiger partial charge in [0.2, 0.25) is 0 Å². The van der Waals surface area contributed by atoms with Crippen LogP contribution in [0.5, 0.6) is 0 Å². The summed E-state index contributed by atoms with van der Waals surface area (Å²) in [7, 11) is -0.842. The van der Waals surface area contributed by atoms with Crippen LogP contribution in [0, 0.1) is 0 Å². The Labute approximate surface area is 110 Å². The normalized spacial score (nSPS) is 36.1. The SMILES string of the molecule is CN1CCN(C2CCCC2S(C)(=O)=O)C(CN)C1. The van der Waals surface area contributed by atoms with Crippen molar-refractivity contribution in [3.63, 3.8) is 0 Å². The topological polar surface area (TPSA) is 66.6 Å². The Kier molecular flexibility index (Phi) is 4.31. The van der Waals surface area contributed by atoms with E-state index in [1.165, 1.54) is 6.26 Å². The standard InChI is InChI=1S/C12H25N3O2S/c1-14-6-7-15(10(8-13)9-14)11-4-3-5-12(11)18(2,16)17/h10-12H,3-9,13H2,1-2H3. The Morgan fingerprint density at radius 2 is 2.00 bits per heavy atom. The maximum absolute atomic E-state index is 11.9. The van der Waals surface area contributed by atoms with Crippen LogP contribution >= 0.6 is 0 Å². The first-order valence-corrected chi connectivity index (χ1v) is 8.72. The van der Waals surface area contributed by atoms with Gasteiger partial charge < -0.3 is 10.6 Å². The molecule has 2 fully saturated rings. The second-order valence-corrected chi connectivity index (χ2v) is 8.02. The lowest BCUT2D eigenvalue weighted by molar-refractivity contribution is 0.0593. The van der Waals surface area contributed by atoms with Crippen LogP contribution in [-0.2, 0) is 9.84 Å². The molecule has 2 aliphatic rings. The number of nitrogens with zero attached hydrogens (tertiary/aromatic N) is 2. The lowest BCUT2D eigenvalue weighted by Crippen LogP contribution is -2.60. The van der Waals surface area contributed by atoms with Crippen molar-refractivity contribution in [2.75, 3.05) is 39.5 Å². The van der Waals surface area contributed by atoms with Crippen molar-refractivity contribution in [1.82, 2.24) is 9.80 Å². The third-order valence-electron chi connectivity index (χ3n) is 4.40. The minimum atomic E-state index is -2.94. The Hall–Kier alpha value is -0.170. The zero-order chi connectivity index (χ0) is 13.3. The summed E-state index contributed by atoms with van der Waals surface area (Å²) in [5.41, 5.74) is 5.86. The van der Waals surface area contributed by atoms with Crippen molar-refractivity contribution in [2.45, 2.75) is 36.6 Å². The summed E-state index contributed by atoms with van der Waals surface area (Å²) in [5.74, 6) is 0. The van der Waals surface area contributed by atoms with Gasteiger partial charge in [0.05, 0.1) is 5.25 Å². The fraction of sp³-hybridized carbons (Fsp3) is 1.00. The molecule has 1 aliphatic carbocycles. The van der Waals surface area contributed by atoms with E-state index in [0.29, 0.717) is 12.6 Å². The molecule has 1 saturated heterocycles. The number of hydrogen-bond acceptors (Lipinski definition) is 5. The van der Waals surface area contributed by atoms with E-state index < -0.39 is 9.84 Å². The molecule has 1 aliphatic heterocycles. The van der Waals surface area contributed by atoms with E-state index in [-0.39, 0.29) is 11.3 Å². The highest BCUT2D eigenvalue weighted by molar-refractivity contribution is 7.91. The van der Waals surface area contributed by atoms with Crippen LogP contribution < -0.4 is 5.73 Å². The quantitative estimate of drug-likeness (QED) is 0.754. The molecule has 0 spiro atoms. The number of piperazine rings is 1. The molecule has 0 amide bonds. The maximum Gasteiger partial charge on any atom is 0.151 e. The monoisotopic (exact) mass is 275 g/mol. The van der Waals surface area contributed by atoms with E-state index in [0.717, 1.165) is 38.9 Å². The highest BCUT2D eigenvalue weighted by Gasteiger charge is 2.41. The van der Waals surface area contributed by atoms with Gasteiger partial charge in [-0.1, -0.05) is 6.42 Å². The smallest absolute Gasteiger partial charge is 0.151 e. The molecule has 0 radical (unpaired) electrons. The van der Waals surface area contributed by atoms with Gasteiger partial charge in [-0.3, -0.25) is 4.90 Å². The molecular weight excluding hydrogens is 250 g/mol. The number of rotatable bonds is 3. The molecule has 18 heavy (non-hydrogen) atoms. The van der Waals surface area contributed by atoms with Crippen molar-refractivity contribution in [3.8, 4) is 0 Å². The Bertz CT molecular complexity index is 385. The van der Waals surface area contributed by atoms with Gasteiger partial charge in [0.1, 0.15) is 0 Å². The zero-order valence-corrected chi connectivity index (χ0v) is 12.2. The van der Waals surface area contributed by atoms with Gasteiger partial charge in [-0.05, 0) is 19.9 Å². The second-order valence-electron chi connectivity index (χ2n) is 5.76. The lowest BCUT2D eigenvalue weighted by Gasteiger charge is -2.44. The average Bonchev–Trinajstić information content (AvgIpc) is 2.77. The molecule has 1 saturated carbocycles. The van der Waals surface area contributed by atoms with Gasteiger partial charge in [0.25, 0.3) is 0 Å². The van der Waals surface area contributed by atoms with Crippen molar-refractivity contribution in [1.29, 1.82) is 0 Å². The van der Waals surface area contributed by atoms with E-state index in [9.17, 15) is 8.42 Å². The summed E-state index contributed by atoms with van der Waals surface area (Å²) in [6.45, 7) is 3.50. The number of hydrogen-bond donors (Lipinski definition) is 1. The van der Waals surface area contributed by atoms with Crippen molar-refractivity contribution in [3.05, 3.63) is 0 Å². The van der Waals surface area contributed by atoms with Crippen LogP contribution in [0.15, 0.2) is 0 Å². The average molecular weight is 275 g/mol. The maximum atomic E-state index is 11.9. The van der Waals surface area contributed by atoms with Gasteiger partial charge in [0.15, 0.2) is 9.84 Å². The van der Waals surface area contributed by atoms with Gasteiger partial charge in [0, 0.05) is 44.5 Å². The molecule has 3 atom stereocenters. The van der Waals surface area contributed by atoms with Crippen molar-refractivity contribution >= 4 is 9.84 Å². The van der Waals surface area contributed by atoms with Crippen LogP contribution in [0.2, 0.25) is 0 Å².